The lowest BCUT2D eigenvalue weighted by atomic mass is 10.1. The van der Waals surface area contributed by atoms with Gasteiger partial charge < -0.3 is 9.64 Å². The van der Waals surface area contributed by atoms with Crippen molar-refractivity contribution in [1.82, 2.24) is 4.90 Å². The molecule has 0 fully saturated rings. The van der Waals surface area contributed by atoms with Crippen LogP contribution in [0.1, 0.15) is 20.8 Å². The van der Waals surface area contributed by atoms with Crippen LogP contribution >= 0.6 is 0 Å². The zero-order valence-corrected chi connectivity index (χ0v) is 9.15. The molecule has 0 spiro atoms. The Bertz CT molecular complexity index is 274. The van der Waals surface area contributed by atoms with Gasteiger partial charge in [0.15, 0.2) is 0 Å². The summed E-state index contributed by atoms with van der Waals surface area (Å²) in [5.41, 5.74) is -0.424. The Labute approximate surface area is 85.0 Å². The SMILES string of the molecule is CN1C=CC=CC1C(=O)OC(C)(C)C. The summed E-state index contributed by atoms with van der Waals surface area (Å²) in [5.74, 6) is -0.208. The topological polar surface area (TPSA) is 29.5 Å². The van der Waals surface area contributed by atoms with Crippen molar-refractivity contribution >= 4 is 5.97 Å². The van der Waals surface area contributed by atoms with Crippen molar-refractivity contribution in [1.29, 1.82) is 0 Å². The average molecular weight is 195 g/mol. The Hall–Kier alpha value is -1.25. The Balaban J connectivity index is 2.62. The highest BCUT2D eigenvalue weighted by Gasteiger charge is 2.25. The summed E-state index contributed by atoms with van der Waals surface area (Å²) < 4.78 is 5.28. The van der Waals surface area contributed by atoms with Crippen LogP contribution in [-0.2, 0) is 9.53 Å². The maximum absolute atomic E-state index is 11.7. The number of hydrogen-bond acceptors (Lipinski definition) is 3. The van der Waals surface area contributed by atoms with E-state index in [2.05, 4.69) is 0 Å². The van der Waals surface area contributed by atoms with Crippen molar-refractivity contribution in [3.63, 3.8) is 0 Å². The minimum atomic E-state index is -0.424. The molecule has 0 N–H and O–H groups in total. The van der Waals surface area contributed by atoms with E-state index < -0.39 is 5.60 Å². The first-order valence-corrected chi connectivity index (χ1v) is 4.70. The first kappa shape index (κ1) is 10.8. The van der Waals surface area contributed by atoms with Crippen molar-refractivity contribution in [3.8, 4) is 0 Å². The molecule has 1 rings (SSSR count). The summed E-state index contributed by atoms with van der Waals surface area (Å²) in [4.78, 5) is 13.5. The molecule has 0 bridgehead atoms. The summed E-state index contributed by atoms with van der Waals surface area (Å²) in [5, 5.41) is 0. The molecule has 1 aliphatic rings. The fourth-order valence-corrected chi connectivity index (χ4v) is 1.19. The Morgan fingerprint density at radius 1 is 1.36 bits per heavy atom. The molecule has 1 aliphatic heterocycles. The summed E-state index contributed by atoms with van der Waals surface area (Å²) in [6.45, 7) is 5.60. The monoisotopic (exact) mass is 195 g/mol. The zero-order chi connectivity index (χ0) is 10.8. The highest BCUT2D eigenvalue weighted by Crippen LogP contribution is 2.13. The Kier molecular flexibility index (Phi) is 2.99. The van der Waals surface area contributed by atoms with Crippen molar-refractivity contribution in [2.45, 2.75) is 32.4 Å². The smallest absolute Gasteiger partial charge is 0.333 e. The zero-order valence-electron chi connectivity index (χ0n) is 9.15. The van der Waals surface area contributed by atoms with Gasteiger partial charge in [-0.25, -0.2) is 4.79 Å². The lowest BCUT2D eigenvalue weighted by Gasteiger charge is -2.28. The fourth-order valence-electron chi connectivity index (χ4n) is 1.19. The van der Waals surface area contributed by atoms with Gasteiger partial charge in [-0.2, -0.15) is 0 Å². The maximum atomic E-state index is 11.7. The molecule has 1 atom stereocenters. The predicted octanol–water partition coefficient (Wildman–Crippen LogP) is 1.71. The Morgan fingerprint density at radius 2 is 2.00 bits per heavy atom. The third-order valence-corrected chi connectivity index (χ3v) is 1.81. The molecule has 14 heavy (non-hydrogen) atoms. The number of allylic oxidation sites excluding steroid dienone is 2. The number of esters is 1. The van der Waals surface area contributed by atoms with Gasteiger partial charge in [-0.05, 0) is 33.0 Å². The highest BCUT2D eigenvalue weighted by molar-refractivity contribution is 5.79. The minimum Gasteiger partial charge on any atom is -0.458 e. The van der Waals surface area contributed by atoms with E-state index in [1.54, 1.807) is 0 Å². The number of hydrogen-bond donors (Lipinski definition) is 0. The van der Waals surface area contributed by atoms with Crippen molar-refractivity contribution in [3.05, 3.63) is 24.4 Å². The number of nitrogens with zero attached hydrogens (tertiary/aromatic N) is 1. The van der Waals surface area contributed by atoms with Crippen LogP contribution in [0.25, 0.3) is 0 Å². The van der Waals surface area contributed by atoms with Gasteiger partial charge in [-0.3, -0.25) is 0 Å². The van der Waals surface area contributed by atoms with E-state index in [0.717, 1.165) is 0 Å². The summed E-state index contributed by atoms with van der Waals surface area (Å²) in [6, 6.07) is -0.292. The van der Waals surface area contributed by atoms with E-state index in [9.17, 15) is 4.79 Å². The minimum absolute atomic E-state index is 0.208. The van der Waals surface area contributed by atoms with E-state index >= 15 is 0 Å². The van der Waals surface area contributed by atoms with E-state index in [-0.39, 0.29) is 12.0 Å². The molecular weight excluding hydrogens is 178 g/mol. The largest absolute Gasteiger partial charge is 0.458 e. The van der Waals surface area contributed by atoms with Crippen LogP contribution in [0.3, 0.4) is 0 Å². The number of rotatable bonds is 1. The normalized spacial score (nSPS) is 21.1. The molecule has 0 aliphatic carbocycles. The lowest BCUT2D eigenvalue weighted by molar-refractivity contribution is -0.158. The van der Waals surface area contributed by atoms with E-state index in [1.807, 2.05) is 57.1 Å². The second-order valence-corrected chi connectivity index (χ2v) is 4.37. The average Bonchev–Trinajstić information content (AvgIpc) is 2.01. The van der Waals surface area contributed by atoms with Crippen LogP contribution in [0.4, 0.5) is 0 Å². The standard InChI is InChI=1S/C11H17NO2/c1-11(2,3)14-10(13)9-7-5-6-8-12(9)4/h5-9H,1-4H3. The molecule has 78 valence electrons. The molecule has 3 nitrogen and oxygen atoms in total. The van der Waals surface area contributed by atoms with Crippen LogP contribution in [0.5, 0.6) is 0 Å². The van der Waals surface area contributed by atoms with Crippen LogP contribution in [0.15, 0.2) is 24.4 Å². The van der Waals surface area contributed by atoms with E-state index in [0.29, 0.717) is 0 Å². The first-order chi connectivity index (χ1) is 6.40. The van der Waals surface area contributed by atoms with Crippen LogP contribution in [-0.4, -0.2) is 29.6 Å². The number of likely N-dealkylation sites (N-methyl/N-ethyl adjacent to an activating group) is 1. The summed E-state index contributed by atoms with van der Waals surface area (Å²) in [6.07, 6.45) is 7.43. The third kappa shape index (κ3) is 2.91. The molecule has 0 amide bonds. The van der Waals surface area contributed by atoms with Gasteiger partial charge in [-0.15, -0.1) is 0 Å². The van der Waals surface area contributed by atoms with Crippen LogP contribution in [0.2, 0.25) is 0 Å². The van der Waals surface area contributed by atoms with Gasteiger partial charge >= 0.3 is 5.97 Å². The van der Waals surface area contributed by atoms with Crippen LogP contribution < -0.4 is 0 Å². The second-order valence-electron chi connectivity index (χ2n) is 4.37. The quantitative estimate of drug-likeness (QED) is 0.596. The van der Waals surface area contributed by atoms with Gasteiger partial charge in [0.1, 0.15) is 11.6 Å². The van der Waals surface area contributed by atoms with Crippen molar-refractivity contribution in [2.24, 2.45) is 0 Å². The third-order valence-electron chi connectivity index (χ3n) is 1.81. The predicted molar refractivity (Wildman–Crippen MR) is 55.7 cm³/mol. The molecule has 0 aromatic rings. The summed E-state index contributed by atoms with van der Waals surface area (Å²) >= 11 is 0. The van der Waals surface area contributed by atoms with Crippen molar-refractivity contribution < 1.29 is 9.53 Å². The highest BCUT2D eigenvalue weighted by atomic mass is 16.6. The first-order valence-electron chi connectivity index (χ1n) is 4.70. The van der Waals surface area contributed by atoms with Crippen molar-refractivity contribution in [2.75, 3.05) is 7.05 Å². The van der Waals surface area contributed by atoms with E-state index in [4.69, 9.17) is 4.74 Å². The Morgan fingerprint density at radius 3 is 2.50 bits per heavy atom. The number of carbonyl (C=O) groups excluding carboxylic acids is 1. The molecule has 0 saturated carbocycles. The van der Waals surface area contributed by atoms with Gasteiger partial charge in [0.25, 0.3) is 0 Å². The van der Waals surface area contributed by atoms with E-state index in [1.165, 1.54) is 0 Å². The molecule has 0 aromatic carbocycles. The van der Waals surface area contributed by atoms with Crippen LogP contribution in [0, 0.1) is 0 Å². The number of carbonyl (C=O) groups is 1. The maximum Gasteiger partial charge on any atom is 0.333 e. The lowest BCUT2D eigenvalue weighted by Crippen LogP contribution is -2.39. The molecule has 0 aromatic heterocycles. The van der Waals surface area contributed by atoms with Gasteiger partial charge in [-0.1, -0.05) is 12.2 Å². The summed E-state index contributed by atoms with van der Waals surface area (Å²) in [7, 11) is 1.86. The molecular formula is C11H17NO2. The molecule has 0 radical (unpaired) electrons. The molecule has 1 unspecified atom stereocenters. The fraction of sp³-hybridized carbons (Fsp3) is 0.545. The number of ether oxygens (including phenoxy) is 1. The molecule has 1 heterocycles. The molecule has 0 saturated heterocycles. The second kappa shape index (κ2) is 3.86. The molecule has 3 heteroatoms. The van der Waals surface area contributed by atoms with Gasteiger partial charge in [0.2, 0.25) is 0 Å². The van der Waals surface area contributed by atoms with Gasteiger partial charge in [0.05, 0.1) is 0 Å². The van der Waals surface area contributed by atoms with Gasteiger partial charge in [0, 0.05) is 7.05 Å².